The molecule has 2 atom stereocenters. The Morgan fingerprint density at radius 2 is 1.95 bits per heavy atom. The van der Waals surface area contributed by atoms with E-state index in [0.29, 0.717) is 11.3 Å². The average molecular weight is 303 g/mol. The summed E-state index contributed by atoms with van der Waals surface area (Å²) in [5.74, 6) is 1.18. The molecular formula is C19H29NO2. The predicted molar refractivity (Wildman–Crippen MR) is 90.2 cm³/mol. The van der Waals surface area contributed by atoms with Gasteiger partial charge in [-0.05, 0) is 49.1 Å². The lowest BCUT2D eigenvalue weighted by Crippen LogP contribution is -2.41. The number of ether oxygens (including phenoxy) is 1. The topological polar surface area (TPSA) is 38.3 Å². The maximum atomic E-state index is 12.4. The standard InChI is InChI=1S/C19H29NO2/c1-13(2)16-8-6-7-9-17(16)22-14(3)18(21)20-15-10-11-19(4,5)12-15/h6-9,13-15H,10-12H2,1-5H3,(H,20,21). The van der Waals surface area contributed by atoms with Gasteiger partial charge in [0.1, 0.15) is 5.75 Å². The van der Waals surface area contributed by atoms with E-state index in [2.05, 4.69) is 39.1 Å². The molecule has 3 heteroatoms. The van der Waals surface area contributed by atoms with Crippen LogP contribution in [-0.2, 0) is 4.79 Å². The molecule has 1 saturated carbocycles. The third kappa shape index (κ3) is 4.25. The normalized spacial score (nSPS) is 21.6. The van der Waals surface area contributed by atoms with Crippen LogP contribution in [0.5, 0.6) is 5.75 Å². The number of amides is 1. The zero-order valence-corrected chi connectivity index (χ0v) is 14.5. The van der Waals surface area contributed by atoms with Crippen LogP contribution >= 0.6 is 0 Å². The number of hydrogen-bond acceptors (Lipinski definition) is 2. The number of carbonyl (C=O) groups is 1. The van der Waals surface area contributed by atoms with E-state index in [-0.39, 0.29) is 11.9 Å². The molecule has 3 nitrogen and oxygen atoms in total. The Labute approximate surface area is 134 Å². The Kier molecular flexibility index (Phi) is 5.15. The summed E-state index contributed by atoms with van der Waals surface area (Å²) in [6.07, 6.45) is 2.81. The average Bonchev–Trinajstić information content (AvgIpc) is 2.78. The summed E-state index contributed by atoms with van der Waals surface area (Å²) in [6.45, 7) is 10.6. The van der Waals surface area contributed by atoms with E-state index in [0.717, 1.165) is 24.2 Å². The van der Waals surface area contributed by atoms with Crippen LogP contribution in [0.2, 0.25) is 0 Å². The van der Waals surface area contributed by atoms with Crippen molar-refractivity contribution in [1.29, 1.82) is 0 Å². The fraction of sp³-hybridized carbons (Fsp3) is 0.632. The zero-order valence-electron chi connectivity index (χ0n) is 14.5. The molecule has 1 aliphatic carbocycles. The number of rotatable bonds is 5. The van der Waals surface area contributed by atoms with Gasteiger partial charge in [-0.2, -0.15) is 0 Å². The maximum absolute atomic E-state index is 12.4. The van der Waals surface area contributed by atoms with Crippen LogP contribution in [0.25, 0.3) is 0 Å². The van der Waals surface area contributed by atoms with Crippen molar-refractivity contribution in [1.82, 2.24) is 5.32 Å². The van der Waals surface area contributed by atoms with Crippen LogP contribution < -0.4 is 10.1 Å². The highest BCUT2D eigenvalue weighted by Gasteiger charge is 2.32. The van der Waals surface area contributed by atoms with Crippen molar-refractivity contribution >= 4 is 5.91 Å². The lowest BCUT2D eigenvalue weighted by Gasteiger charge is -2.21. The molecule has 0 saturated heterocycles. The fourth-order valence-electron chi connectivity index (χ4n) is 3.19. The van der Waals surface area contributed by atoms with E-state index < -0.39 is 6.10 Å². The van der Waals surface area contributed by atoms with Crippen LogP contribution in [-0.4, -0.2) is 18.1 Å². The lowest BCUT2D eigenvalue weighted by atomic mass is 9.92. The first-order valence-electron chi connectivity index (χ1n) is 8.34. The van der Waals surface area contributed by atoms with E-state index in [9.17, 15) is 4.79 Å². The summed E-state index contributed by atoms with van der Waals surface area (Å²) < 4.78 is 5.92. The molecule has 1 N–H and O–H groups in total. The quantitative estimate of drug-likeness (QED) is 0.882. The van der Waals surface area contributed by atoms with Crippen molar-refractivity contribution in [2.75, 3.05) is 0 Å². The summed E-state index contributed by atoms with van der Waals surface area (Å²) in [4.78, 5) is 12.4. The first-order valence-corrected chi connectivity index (χ1v) is 8.34. The SMILES string of the molecule is CC(Oc1ccccc1C(C)C)C(=O)NC1CCC(C)(C)C1. The van der Waals surface area contributed by atoms with Gasteiger partial charge in [0, 0.05) is 6.04 Å². The molecule has 122 valence electrons. The zero-order chi connectivity index (χ0) is 16.3. The number of nitrogens with one attached hydrogen (secondary N) is 1. The van der Waals surface area contributed by atoms with Crippen LogP contribution in [0.3, 0.4) is 0 Å². The van der Waals surface area contributed by atoms with Gasteiger partial charge in [0.15, 0.2) is 6.10 Å². The minimum Gasteiger partial charge on any atom is -0.481 e. The molecule has 1 amide bonds. The highest BCUT2D eigenvalue weighted by molar-refractivity contribution is 5.81. The van der Waals surface area contributed by atoms with Crippen LogP contribution in [0, 0.1) is 5.41 Å². The third-order valence-corrected chi connectivity index (χ3v) is 4.53. The second kappa shape index (κ2) is 6.72. The van der Waals surface area contributed by atoms with E-state index in [1.165, 1.54) is 6.42 Å². The molecular weight excluding hydrogens is 274 g/mol. The molecule has 1 aromatic carbocycles. The molecule has 0 radical (unpaired) electrons. The van der Waals surface area contributed by atoms with Crippen LogP contribution in [0.4, 0.5) is 0 Å². The minimum absolute atomic E-state index is 0.0127. The molecule has 0 aromatic heterocycles. The molecule has 1 fully saturated rings. The van der Waals surface area contributed by atoms with E-state index in [1.807, 2.05) is 25.1 Å². The van der Waals surface area contributed by atoms with Crippen molar-refractivity contribution in [3.63, 3.8) is 0 Å². The second-order valence-electron chi connectivity index (χ2n) is 7.57. The van der Waals surface area contributed by atoms with Gasteiger partial charge < -0.3 is 10.1 Å². The smallest absolute Gasteiger partial charge is 0.260 e. The van der Waals surface area contributed by atoms with Crippen molar-refractivity contribution < 1.29 is 9.53 Å². The van der Waals surface area contributed by atoms with Gasteiger partial charge >= 0.3 is 0 Å². The molecule has 2 rings (SSSR count). The van der Waals surface area contributed by atoms with Crippen LogP contribution in [0.1, 0.15) is 65.4 Å². The van der Waals surface area contributed by atoms with Gasteiger partial charge in [-0.3, -0.25) is 4.79 Å². The number of para-hydroxylation sites is 1. The summed E-state index contributed by atoms with van der Waals surface area (Å²) >= 11 is 0. The molecule has 0 heterocycles. The molecule has 1 aromatic rings. The molecule has 22 heavy (non-hydrogen) atoms. The third-order valence-electron chi connectivity index (χ3n) is 4.53. The lowest BCUT2D eigenvalue weighted by molar-refractivity contribution is -0.128. The first-order chi connectivity index (χ1) is 10.3. The van der Waals surface area contributed by atoms with Gasteiger partial charge in [-0.1, -0.05) is 45.9 Å². The second-order valence-corrected chi connectivity index (χ2v) is 7.57. The predicted octanol–water partition coefficient (Wildman–Crippen LogP) is 4.27. The highest BCUT2D eigenvalue weighted by Crippen LogP contribution is 2.37. The first kappa shape index (κ1) is 16.9. The maximum Gasteiger partial charge on any atom is 0.260 e. The minimum atomic E-state index is -0.469. The number of benzene rings is 1. The van der Waals surface area contributed by atoms with Gasteiger partial charge in [-0.15, -0.1) is 0 Å². The van der Waals surface area contributed by atoms with Gasteiger partial charge in [-0.25, -0.2) is 0 Å². The van der Waals surface area contributed by atoms with Crippen molar-refractivity contribution in [3.8, 4) is 5.75 Å². The Morgan fingerprint density at radius 3 is 2.55 bits per heavy atom. The molecule has 1 aliphatic rings. The molecule has 2 unspecified atom stereocenters. The summed E-state index contributed by atoms with van der Waals surface area (Å²) in [6, 6.07) is 8.25. The highest BCUT2D eigenvalue weighted by atomic mass is 16.5. The summed E-state index contributed by atoms with van der Waals surface area (Å²) in [5.41, 5.74) is 1.48. The van der Waals surface area contributed by atoms with E-state index in [4.69, 9.17) is 4.74 Å². The van der Waals surface area contributed by atoms with Gasteiger partial charge in [0.05, 0.1) is 0 Å². The van der Waals surface area contributed by atoms with E-state index in [1.54, 1.807) is 0 Å². The monoisotopic (exact) mass is 303 g/mol. The Balaban J connectivity index is 1.95. The number of hydrogen-bond donors (Lipinski definition) is 1. The molecule has 0 aliphatic heterocycles. The molecule has 0 spiro atoms. The van der Waals surface area contributed by atoms with Crippen molar-refractivity contribution in [2.24, 2.45) is 5.41 Å². The van der Waals surface area contributed by atoms with Crippen molar-refractivity contribution in [3.05, 3.63) is 29.8 Å². The Hall–Kier alpha value is -1.51. The molecule has 0 bridgehead atoms. The Morgan fingerprint density at radius 1 is 1.27 bits per heavy atom. The van der Waals surface area contributed by atoms with Gasteiger partial charge in [0.2, 0.25) is 0 Å². The van der Waals surface area contributed by atoms with Crippen LogP contribution in [0.15, 0.2) is 24.3 Å². The Bertz CT molecular complexity index is 522. The number of carbonyl (C=O) groups excluding carboxylic acids is 1. The largest absolute Gasteiger partial charge is 0.481 e. The van der Waals surface area contributed by atoms with Gasteiger partial charge in [0.25, 0.3) is 5.91 Å². The fourth-order valence-corrected chi connectivity index (χ4v) is 3.19. The van der Waals surface area contributed by atoms with E-state index >= 15 is 0 Å². The summed E-state index contributed by atoms with van der Waals surface area (Å²) in [5, 5.41) is 3.14. The van der Waals surface area contributed by atoms with Crippen molar-refractivity contribution in [2.45, 2.75) is 71.9 Å². The summed E-state index contributed by atoms with van der Waals surface area (Å²) in [7, 11) is 0.